The fraction of sp³-hybridized carbons (Fsp3) is 0.538. The Morgan fingerprint density at radius 1 is 1.19 bits per heavy atom. The maximum absolute atomic E-state index is 5.72. The molecule has 16 heavy (non-hydrogen) atoms. The summed E-state index contributed by atoms with van der Waals surface area (Å²) >= 11 is 0. The number of benzene rings is 1. The summed E-state index contributed by atoms with van der Waals surface area (Å²) in [5, 5.41) is 3.53. The lowest BCUT2D eigenvalue weighted by atomic mass is 9.71. The Morgan fingerprint density at radius 3 is 2.88 bits per heavy atom. The van der Waals surface area contributed by atoms with Gasteiger partial charge in [0.25, 0.3) is 0 Å². The van der Waals surface area contributed by atoms with Crippen molar-refractivity contribution in [2.75, 3.05) is 19.7 Å². The molecule has 2 nitrogen and oxygen atoms in total. The van der Waals surface area contributed by atoms with Crippen molar-refractivity contribution >= 4 is 12.4 Å². The molecule has 3 heteroatoms. The van der Waals surface area contributed by atoms with Crippen LogP contribution in [0.5, 0.6) is 5.75 Å². The van der Waals surface area contributed by atoms with Gasteiger partial charge in [-0.05, 0) is 31.9 Å². The van der Waals surface area contributed by atoms with Crippen molar-refractivity contribution in [3.05, 3.63) is 29.8 Å². The van der Waals surface area contributed by atoms with Crippen LogP contribution in [0.15, 0.2) is 24.3 Å². The molecule has 0 radical (unpaired) electrons. The SMILES string of the molecule is Cl.c1ccc2c(c1)OCCC21CCCNC1. The number of halogens is 1. The van der Waals surface area contributed by atoms with E-state index >= 15 is 0 Å². The molecule has 0 aliphatic carbocycles. The Labute approximate surface area is 103 Å². The van der Waals surface area contributed by atoms with Gasteiger partial charge in [0.2, 0.25) is 0 Å². The average Bonchev–Trinajstić information content (AvgIpc) is 2.31. The minimum atomic E-state index is 0. The highest BCUT2D eigenvalue weighted by atomic mass is 35.5. The molecule has 0 aromatic heterocycles. The molecule has 0 amide bonds. The van der Waals surface area contributed by atoms with Crippen molar-refractivity contribution in [1.82, 2.24) is 5.32 Å². The molecule has 1 atom stereocenters. The van der Waals surface area contributed by atoms with Crippen LogP contribution in [0.4, 0.5) is 0 Å². The molecule has 1 saturated heterocycles. The number of hydrogen-bond acceptors (Lipinski definition) is 2. The molecule has 2 heterocycles. The van der Waals surface area contributed by atoms with Gasteiger partial charge in [-0.2, -0.15) is 0 Å². The second-order valence-corrected chi connectivity index (χ2v) is 4.66. The number of piperidine rings is 1. The maximum Gasteiger partial charge on any atom is 0.123 e. The number of hydrogen-bond donors (Lipinski definition) is 1. The number of nitrogens with one attached hydrogen (secondary N) is 1. The van der Waals surface area contributed by atoms with Gasteiger partial charge in [-0.3, -0.25) is 0 Å². The summed E-state index contributed by atoms with van der Waals surface area (Å²) in [7, 11) is 0. The van der Waals surface area contributed by atoms with E-state index in [9.17, 15) is 0 Å². The minimum Gasteiger partial charge on any atom is -0.493 e. The van der Waals surface area contributed by atoms with Gasteiger partial charge < -0.3 is 10.1 Å². The van der Waals surface area contributed by atoms with Crippen LogP contribution in [0, 0.1) is 0 Å². The zero-order chi connectivity index (χ0) is 10.1. The van der Waals surface area contributed by atoms with Crippen LogP contribution in [0.2, 0.25) is 0 Å². The van der Waals surface area contributed by atoms with Gasteiger partial charge in [-0.15, -0.1) is 12.4 Å². The summed E-state index contributed by atoms with van der Waals surface area (Å²) in [4.78, 5) is 0. The molecule has 88 valence electrons. The van der Waals surface area contributed by atoms with Crippen molar-refractivity contribution < 1.29 is 4.74 Å². The van der Waals surface area contributed by atoms with Gasteiger partial charge in [0.05, 0.1) is 6.61 Å². The monoisotopic (exact) mass is 239 g/mol. The van der Waals surface area contributed by atoms with E-state index in [-0.39, 0.29) is 12.4 Å². The van der Waals surface area contributed by atoms with Crippen molar-refractivity contribution in [3.8, 4) is 5.75 Å². The zero-order valence-corrected chi connectivity index (χ0v) is 10.2. The second-order valence-electron chi connectivity index (χ2n) is 4.66. The Morgan fingerprint density at radius 2 is 2.06 bits per heavy atom. The van der Waals surface area contributed by atoms with E-state index in [1.54, 1.807) is 0 Å². The topological polar surface area (TPSA) is 21.3 Å². The minimum absolute atomic E-state index is 0. The van der Waals surface area contributed by atoms with E-state index in [4.69, 9.17) is 4.74 Å². The molecule has 1 fully saturated rings. The summed E-state index contributed by atoms with van der Waals surface area (Å²) in [5.74, 6) is 1.10. The molecule has 1 N–H and O–H groups in total. The number of fused-ring (bicyclic) bond motifs is 2. The first-order valence-electron chi connectivity index (χ1n) is 5.84. The highest BCUT2D eigenvalue weighted by Gasteiger charge is 2.38. The van der Waals surface area contributed by atoms with Crippen LogP contribution in [-0.2, 0) is 5.41 Å². The summed E-state index contributed by atoms with van der Waals surface area (Å²) in [6.07, 6.45) is 3.76. The Bertz CT molecular complexity index is 361. The fourth-order valence-corrected chi connectivity index (χ4v) is 2.93. The molecule has 0 saturated carbocycles. The van der Waals surface area contributed by atoms with Crippen molar-refractivity contribution in [1.29, 1.82) is 0 Å². The smallest absolute Gasteiger partial charge is 0.123 e. The second kappa shape index (κ2) is 4.64. The Hall–Kier alpha value is -0.730. The molecule has 2 aliphatic rings. The van der Waals surface area contributed by atoms with Crippen LogP contribution >= 0.6 is 12.4 Å². The zero-order valence-electron chi connectivity index (χ0n) is 9.37. The first-order chi connectivity index (χ1) is 7.41. The largest absolute Gasteiger partial charge is 0.493 e. The third-order valence-electron chi connectivity index (χ3n) is 3.77. The van der Waals surface area contributed by atoms with Crippen molar-refractivity contribution in [3.63, 3.8) is 0 Å². The normalized spacial score (nSPS) is 27.8. The standard InChI is InChI=1S/C13H17NO.ClH/c1-2-5-12-11(4-1)13(7-9-15-12)6-3-8-14-10-13;/h1-2,4-5,14H,3,6-10H2;1H. The number of rotatable bonds is 0. The van der Waals surface area contributed by atoms with E-state index in [0.29, 0.717) is 5.41 Å². The van der Waals surface area contributed by atoms with Crippen LogP contribution < -0.4 is 10.1 Å². The maximum atomic E-state index is 5.72. The van der Waals surface area contributed by atoms with Crippen LogP contribution in [0.25, 0.3) is 0 Å². The fourth-order valence-electron chi connectivity index (χ4n) is 2.93. The quantitative estimate of drug-likeness (QED) is 0.751. The third kappa shape index (κ3) is 1.80. The number of para-hydroxylation sites is 1. The van der Waals surface area contributed by atoms with Crippen LogP contribution in [0.3, 0.4) is 0 Å². The molecule has 0 bridgehead atoms. The highest BCUT2D eigenvalue weighted by molar-refractivity contribution is 5.85. The van der Waals surface area contributed by atoms with Gasteiger partial charge in [-0.1, -0.05) is 18.2 Å². The van der Waals surface area contributed by atoms with Crippen LogP contribution in [0.1, 0.15) is 24.8 Å². The molecule has 1 spiro atoms. The van der Waals surface area contributed by atoms with E-state index in [2.05, 4.69) is 29.6 Å². The van der Waals surface area contributed by atoms with Crippen molar-refractivity contribution in [2.45, 2.75) is 24.7 Å². The molecule has 1 unspecified atom stereocenters. The lowest BCUT2D eigenvalue weighted by Crippen LogP contribution is -2.46. The van der Waals surface area contributed by atoms with Crippen molar-refractivity contribution in [2.24, 2.45) is 0 Å². The molecule has 3 rings (SSSR count). The van der Waals surface area contributed by atoms with E-state index in [1.807, 2.05) is 0 Å². The van der Waals surface area contributed by atoms with E-state index < -0.39 is 0 Å². The first-order valence-corrected chi connectivity index (χ1v) is 5.84. The molecule has 1 aromatic rings. The summed E-state index contributed by atoms with van der Waals surface area (Å²) in [5.41, 5.74) is 1.77. The van der Waals surface area contributed by atoms with E-state index in [1.165, 1.54) is 24.9 Å². The molecule has 1 aromatic carbocycles. The van der Waals surface area contributed by atoms with Gasteiger partial charge in [0, 0.05) is 17.5 Å². The van der Waals surface area contributed by atoms with Gasteiger partial charge in [-0.25, -0.2) is 0 Å². The Balaban J connectivity index is 0.000000963. The Kier molecular flexibility index (Phi) is 3.41. The summed E-state index contributed by atoms with van der Waals surface area (Å²) in [6, 6.07) is 8.53. The third-order valence-corrected chi connectivity index (χ3v) is 3.77. The van der Waals surface area contributed by atoms with Gasteiger partial charge in [0.15, 0.2) is 0 Å². The summed E-state index contributed by atoms with van der Waals surface area (Å²) < 4.78 is 5.72. The predicted octanol–water partition coefficient (Wildman–Crippen LogP) is 2.51. The molecule has 2 aliphatic heterocycles. The van der Waals surface area contributed by atoms with E-state index in [0.717, 1.165) is 25.3 Å². The predicted molar refractivity (Wildman–Crippen MR) is 67.6 cm³/mol. The molecular weight excluding hydrogens is 222 g/mol. The number of ether oxygens (including phenoxy) is 1. The van der Waals surface area contributed by atoms with Gasteiger partial charge in [0.1, 0.15) is 5.75 Å². The average molecular weight is 240 g/mol. The van der Waals surface area contributed by atoms with Gasteiger partial charge >= 0.3 is 0 Å². The lowest BCUT2D eigenvalue weighted by molar-refractivity contribution is 0.184. The van der Waals surface area contributed by atoms with Crippen LogP contribution in [-0.4, -0.2) is 19.7 Å². The summed E-state index contributed by atoms with van der Waals surface area (Å²) in [6.45, 7) is 3.16. The highest BCUT2D eigenvalue weighted by Crippen LogP contribution is 2.42. The first kappa shape index (κ1) is 11.7. The molecular formula is C13H18ClNO. The lowest BCUT2D eigenvalue weighted by Gasteiger charge is -2.42.